The van der Waals surface area contributed by atoms with Gasteiger partial charge in [0.1, 0.15) is 6.33 Å². The lowest BCUT2D eigenvalue weighted by atomic mass is 9.89. The predicted octanol–water partition coefficient (Wildman–Crippen LogP) is 5.03. The first-order valence-electron chi connectivity index (χ1n) is 13.2. The Kier molecular flexibility index (Phi) is 8.69. The predicted molar refractivity (Wildman–Crippen MR) is 147 cm³/mol. The molecule has 2 saturated carbocycles. The minimum absolute atomic E-state index is 0. The van der Waals surface area contributed by atoms with Gasteiger partial charge >= 0.3 is 11.7 Å². The van der Waals surface area contributed by atoms with Crippen molar-refractivity contribution in [3.05, 3.63) is 63.1 Å². The maximum atomic E-state index is 13.9. The van der Waals surface area contributed by atoms with Gasteiger partial charge in [-0.3, -0.25) is 18.5 Å². The van der Waals surface area contributed by atoms with Gasteiger partial charge in [0.05, 0.1) is 0 Å². The molecule has 2 aliphatic rings. The van der Waals surface area contributed by atoms with E-state index in [1.54, 1.807) is 15.5 Å². The Morgan fingerprint density at radius 2 is 1.57 bits per heavy atom. The summed E-state index contributed by atoms with van der Waals surface area (Å²) in [5.41, 5.74) is 1.71. The van der Waals surface area contributed by atoms with E-state index in [1.165, 1.54) is 36.3 Å². The van der Waals surface area contributed by atoms with Crippen LogP contribution in [0, 0.1) is 11.8 Å². The molecule has 1 N–H and O–H groups in total. The van der Waals surface area contributed by atoms with E-state index in [4.69, 9.17) is 5.11 Å². The highest BCUT2D eigenvalue weighted by Crippen LogP contribution is 2.27. The van der Waals surface area contributed by atoms with Crippen molar-refractivity contribution in [2.24, 2.45) is 11.8 Å². The fourth-order valence-electron chi connectivity index (χ4n) is 5.92. The van der Waals surface area contributed by atoms with Crippen LogP contribution in [0.4, 0.5) is 0 Å². The first kappa shape index (κ1) is 26.9. The van der Waals surface area contributed by atoms with Gasteiger partial charge in [0, 0.05) is 24.9 Å². The van der Waals surface area contributed by atoms with E-state index in [0.717, 1.165) is 50.3 Å². The molecule has 0 amide bonds. The van der Waals surface area contributed by atoms with Crippen molar-refractivity contribution in [2.75, 3.05) is 0 Å². The van der Waals surface area contributed by atoms with Crippen LogP contribution in [0.3, 0.4) is 0 Å². The summed E-state index contributed by atoms with van der Waals surface area (Å²) in [6.07, 6.45) is 15.6. The lowest BCUT2D eigenvalue weighted by Crippen LogP contribution is -2.43. The third-order valence-electron chi connectivity index (χ3n) is 7.81. The number of nitrogens with zero attached hydrogens (tertiary/aromatic N) is 4. The van der Waals surface area contributed by atoms with Crippen LogP contribution in [0.2, 0.25) is 0 Å². The molecule has 2 aliphatic carbocycles. The summed E-state index contributed by atoms with van der Waals surface area (Å²) < 4.78 is 5.01. The zero-order valence-corrected chi connectivity index (χ0v) is 21.9. The fraction of sp³-hybridized carbons (Fsp3) is 0.500. The summed E-state index contributed by atoms with van der Waals surface area (Å²) in [6, 6.07) is 7.36. The number of carboxylic acids is 1. The number of aliphatic carboxylic acids is 1. The van der Waals surface area contributed by atoms with Gasteiger partial charge in [-0.1, -0.05) is 50.7 Å². The highest BCUT2D eigenvalue weighted by atomic mass is 35.5. The molecular weight excluding hydrogens is 492 g/mol. The molecule has 0 bridgehead atoms. The van der Waals surface area contributed by atoms with E-state index in [0.29, 0.717) is 41.7 Å². The molecule has 37 heavy (non-hydrogen) atoms. The van der Waals surface area contributed by atoms with E-state index >= 15 is 0 Å². The second-order valence-corrected chi connectivity index (χ2v) is 10.4. The number of hydrogen-bond acceptors (Lipinski definition) is 4. The molecule has 8 nitrogen and oxygen atoms in total. The van der Waals surface area contributed by atoms with Gasteiger partial charge < -0.3 is 5.11 Å². The van der Waals surface area contributed by atoms with E-state index in [1.807, 2.05) is 24.3 Å². The Labute approximate surface area is 222 Å². The monoisotopic (exact) mass is 526 g/mol. The minimum atomic E-state index is -1.02. The lowest BCUT2D eigenvalue weighted by Gasteiger charge is -2.25. The highest BCUT2D eigenvalue weighted by molar-refractivity contribution is 5.85. The molecule has 0 aliphatic heterocycles. The summed E-state index contributed by atoms with van der Waals surface area (Å²) in [6.45, 7) is 1.03. The van der Waals surface area contributed by atoms with Crippen molar-refractivity contribution < 1.29 is 9.90 Å². The average molecular weight is 527 g/mol. The summed E-state index contributed by atoms with van der Waals surface area (Å²) in [5, 5.41) is 8.99. The maximum Gasteiger partial charge on any atom is 0.332 e. The number of imidazole rings is 1. The molecule has 198 valence electrons. The lowest BCUT2D eigenvalue weighted by molar-refractivity contribution is -0.131. The first-order chi connectivity index (χ1) is 17.5. The molecule has 9 heteroatoms. The number of benzene rings is 1. The molecule has 1 aromatic carbocycles. The van der Waals surface area contributed by atoms with E-state index in [-0.39, 0.29) is 23.7 Å². The van der Waals surface area contributed by atoms with Crippen LogP contribution in [0.15, 0.2) is 46.3 Å². The number of rotatable bonds is 7. The average Bonchev–Trinajstić information content (AvgIpc) is 3.35. The van der Waals surface area contributed by atoms with Crippen LogP contribution in [0.1, 0.15) is 69.8 Å². The number of carboxylic acid groups (broad SMARTS) is 1. The normalized spacial score (nSPS) is 17.3. The molecular formula is C28H35ClN4O4. The zero-order chi connectivity index (χ0) is 25.1. The summed E-state index contributed by atoms with van der Waals surface area (Å²) in [4.78, 5) is 42.9. The van der Waals surface area contributed by atoms with E-state index < -0.39 is 5.97 Å². The highest BCUT2D eigenvalue weighted by Gasteiger charge is 2.24. The molecule has 5 rings (SSSR count). The van der Waals surface area contributed by atoms with E-state index in [9.17, 15) is 14.4 Å². The minimum Gasteiger partial charge on any atom is -0.478 e. The van der Waals surface area contributed by atoms with Gasteiger partial charge in [-0.25, -0.2) is 14.6 Å². The Hall–Kier alpha value is -3.13. The fourth-order valence-corrected chi connectivity index (χ4v) is 5.92. The standard InChI is InChI=1S/C28H34N4O4.ClH/c33-24(34)15-14-20-12-7-13-23(16-20)32-19-29-25-26(32)30(17-21-8-3-1-4-9-21)28(36)31(27(25)35)18-22-10-5-2-6-11-22;/h7,12-16,19,21-22H,1-6,8-11,17-18H2,(H,33,34);1H. The third-order valence-corrected chi connectivity index (χ3v) is 7.81. The van der Waals surface area contributed by atoms with Gasteiger partial charge in [0.2, 0.25) is 0 Å². The number of hydrogen-bond donors (Lipinski definition) is 1. The first-order valence-corrected chi connectivity index (χ1v) is 13.2. The van der Waals surface area contributed by atoms with Gasteiger partial charge in [0.25, 0.3) is 5.56 Å². The Bertz CT molecular complexity index is 1390. The van der Waals surface area contributed by atoms with E-state index in [2.05, 4.69) is 4.98 Å². The van der Waals surface area contributed by atoms with Gasteiger partial charge in [-0.2, -0.15) is 0 Å². The SMILES string of the molecule is Cl.O=C(O)C=Cc1cccc(-n2cnc3c(=O)n(CC4CCCCC4)c(=O)n(CC4CCCCC4)c32)c1. The number of aromatic nitrogens is 4. The van der Waals surface area contributed by atoms with Crippen molar-refractivity contribution in [1.29, 1.82) is 0 Å². The molecule has 2 aromatic heterocycles. The number of fused-ring (bicyclic) bond motifs is 1. The summed E-state index contributed by atoms with van der Waals surface area (Å²) >= 11 is 0. The van der Waals surface area contributed by atoms with Crippen LogP contribution in [0.25, 0.3) is 22.9 Å². The maximum absolute atomic E-state index is 13.9. The number of carbonyl (C=O) groups is 1. The molecule has 3 aromatic rings. The van der Waals surface area contributed by atoms with Crippen LogP contribution in [0.5, 0.6) is 0 Å². The van der Waals surface area contributed by atoms with Crippen LogP contribution in [-0.4, -0.2) is 29.8 Å². The van der Waals surface area contributed by atoms with Crippen molar-refractivity contribution in [1.82, 2.24) is 18.7 Å². The Morgan fingerprint density at radius 3 is 2.19 bits per heavy atom. The van der Waals surface area contributed by atoms with Crippen LogP contribution < -0.4 is 11.2 Å². The van der Waals surface area contributed by atoms with Gasteiger partial charge in [-0.05, 0) is 61.3 Å². The Balaban J connectivity index is 0.00000320. The molecule has 0 atom stereocenters. The largest absolute Gasteiger partial charge is 0.478 e. The zero-order valence-electron chi connectivity index (χ0n) is 21.1. The van der Waals surface area contributed by atoms with Crippen molar-refractivity contribution in [3.8, 4) is 5.69 Å². The van der Waals surface area contributed by atoms with Crippen molar-refractivity contribution in [3.63, 3.8) is 0 Å². The van der Waals surface area contributed by atoms with Crippen molar-refractivity contribution in [2.45, 2.75) is 77.3 Å². The molecule has 0 saturated heterocycles. The molecule has 0 unspecified atom stereocenters. The van der Waals surface area contributed by atoms with Crippen LogP contribution >= 0.6 is 12.4 Å². The van der Waals surface area contributed by atoms with Gasteiger partial charge in [0.15, 0.2) is 11.2 Å². The topological polar surface area (TPSA) is 99.1 Å². The molecule has 0 radical (unpaired) electrons. The summed E-state index contributed by atoms with van der Waals surface area (Å²) in [7, 11) is 0. The van der Waals surface area contributed by atoms with Gasteiger partial charge in [-0.15, -0.1) is 12.4 Å². The quantitative estimate of drug-likeness (QED) is 0.435. The summed E-state index contributed by atoms with van der Waals surface area (Å²) in [5.74, 6) is -0.272. The Morgan fingerprint density at radius 1 is 0.946 bits per heavy atom. The second kappa shape index (κ2) is 11.9. The van der Waals surface area contributed by atoms with Crippen LogP contribution in [-0.2, 0) is 17.9 Å². The number of halogens is 1. The molecule has 0 spiro atoms. The van der Waals surface area contributed by atoms with Crippen molar-refractivity contribution >= 4 is 35.6 Å². The molecule has 2 heterocycles. The second-order valence-electron chi connectivity index (χ2n) is 10.4. The molecule has 2 fully saturated rings. The third kappa shape index (κ3) is 5.90. The smallest absolute Gasteiger partial charge is 0.332 e.